The highest BCUT2D eigenvalue weighted by Crippen LogP contribution is 2.33. The summed E-state index contributed by atoms with van der Waals surface area (Å²) in [4.78, 5) is 0. The zero-order chi connectivity index (χ0) is 14.0. The molecule has 1 atom stereocenters. The number of nitrogens with one attached hydrogen (secondary N) is 1. The van der Waals surface area contributed by atoms with Gasteiger partial charge < -0.3 is 10.1 Å². The van der Waals surface area contributed by atoms with Crippen molar-refractivity contribution >= 4 is 0 Å². The van der Waals surface area contributed by atoms with Crippen LogP contribution in [0.2, 0.25) is 0 Å². The van der Waals surface area contributed by atoms with Crippen LogP contribution in [0.25, 0.3) is 0 Å². The molecule has 1 aliphatic rings. The van der Waals surface area contributed by atoms with Gasteiger partial charge in [0.1, 0.15) is 6.61 Å². The fourth-order valence-electron chi connectivity index (χ4n) is 1.97. The second-order valence-electron chi connectivity index (χ2n) is 4.61. The second kappa shape index (κ2) is 5.77. The van der Waals surface area contributed by atoms with Crippen LogP contribution in [-0.4, -0.2) is 19.2 Å². The molecule has 0 amide bonds. The largest absolute Gasteiger partial charge is 0.486 e. The predicted molar refractivity (Wildman–Crippen MR) is 62.0 cm³/mol. The first kappa shape index (κ1) is 14.1. The Hall–Kier alpha value is -1.30. The van der Waals surface area contributed by atoms with Gasteiger partial charge in [0.05, 0.1) is 0 Å². The van der Waals surface area contributed by atoms with E-state index in [1.54, 1.807) is 0 Å². The van der Waals surface area contributed by atoms with E-state index in [1.807, 2.05) is 6.92 Å². The van der Waals surface area contributed by atoms with Crippen LogP contribution >= 0.6 is 0 Å². The summed E-state index contributed by atoms with van der Waals surface area (Å²) in [7, 11) is 0. The minimum atomic E-state index is -1.50. The van der Waals surface area contributed by atoms with Gasteiger partial charge in [0.2, 0.25) is 11.6 Å². The monoisotopic (exact) mass is 277 g/mol. The molecule has 1 aromatic carbocycles. The average Bonchev–Trinajstić information content (AvgIpc) is 3.19. The number of ether oxygens (including phenoxy) is 1. The minimum Gasteiger partial charge on any atom is -0.486 e. The van der Waals surface area contributed by atoms with Crippen LogP contribution in [0.4, 0.5) is 17.6 Å². The Morgan fingerprint density at radius 3 is 2.26 bits per heavy atom. The molecule has 1 N–H and O–H groups in total. The van der Waals surface area contributed by atoms with Crippen LogP contribution in [0.1, 0.15) is 19.8 Å². The van der Waals surface area contributed by atoms with Gasteiger partial charge in [-0.2, -0.15) is 8.78 Å². The fraction of sp³-hybridized carbons (Fsp3) is 0.538. The smallest absolute Gasteiger partial charge is 0.203 e. The quantitative estimate of drug-likeness (QED) is 0.637. The van der Waals surface area contributed by atoms with Crippen molar-refractivity contribution in [2.24, 2.45) is 5.92 Å². The van der Waals surface area contributed by atoms with Gasteiger partial charge >= 0.3 is 0 Å². The van der Waals surface area contributed by atoms with Crippen molar-refractivity contribution in [3.63, 3.8) is 0 Å². The van der Waals surface area contributed by atoms with E-state index >= 15 is 0 Å². The summed E-state index contributed by atoms with van der Waals surface area (Å²) in [5, 5.41) is 3.13. The summed E-state index contributed by atoms with van der Waals surface area (Å²) in [6, 6.07) is 0.107. The first-order valence-electron chi connectivity index (χ1n) is 6.23. The molecule has 0 aliphatic heterocycles. The summed E-state index contributed by atoms with van der Waals surface area (Å²) in [5.74, 6) is -6.50. The van der Waals surface area contributed by atoms with Gasteiger partial charge in [0.15, 0.2) is 17.4 Å². The zero-order valence-electron chi connectivity index (χ0n) is 10.5. The number of hydrogen-bond acceptors (Lipinski definition) is 2. The van der Waals surface area contributed by atoms with Gasteiger partial charge in [-0.1, -0.05) is 6.92 Å². The Balaban J connectivity index is 2.10. The lowest BCUT2D eigenvalue weighted by Crippen LogP contribution is -2.36. The Bertz CT molecular complexity index is 436. The molecule has 0 saturated heterocycles. The van der Waals surface area contributed by atoms with Crippen molar-refractivity contribution in [2.45, 2.75) is 25.8 Å². The molecule has 6 heteroatoms. The fourth-order valence-corrected chi connectivity index (χ4v) is 1.97. The molecule has 2 nitrogen and oxygen atoms in total. The van der Waals surface area contributed by atoms with E-state index in [2.05, 4.69) is 5.32 Å². The van der Waals surface area contributed by atoms with Crippen LogP contribution in [0, 0.1) is 29.2 Å². The second-order valence-corrected chi connectivity index (χ2v) is 4.61. The van der Waals surface area contributed by atoms with Crippen molar-refractivity contribution < 1.29 is 22.3 Å². The first-order chi connectivity index (χ1) is 9.04. The minimum absolute atomic E-state index is 0.0186. The molecule has 0 spiro atoms. The highest BCUT2D eigenvalue weighted by molar-refractivity contribution is 5.28. The highest BCUT2D eigenvalue weighted by atomic mass is 19.2. The molecule has 1 aliphatic carbocycles. The van der Waals surface area contributed by atoms with E-state index in [1.165, 1.54) is 0 Å². The Morgan fingerprint density at radius 2 is 1.79 bits per heavy atom. The van der Waals surface area contributed by atoms with Gasteiger partial charge in [0.25, 0.3) is 0 Å². The molecule has 2 rings (SSSR count). The van der Waals surface area contributed by atoms with Crippen molar-refractivity contribution in [1.82, 2.24) is 5.32 Å². The predicted octanol–water partition coefficient (Wildman–Crippen LogP) is 3.01. The van der Waals surface area contributed by atoms with Crippen LogP contribution in [0.5, 0.6) is 5.75 Å². The third-order valence-electron chi connectivity index (χ3n) is 3.14. The molecule has 19 heavy (non-hydrogen) atoms. The molecule has 1 saturated carbocycles. The number of rotatable bonds is 6. The van der Waals surface area contributed by atoms with Crippen molar-refractivity contribution in [2.75, 3.05) is 13.2 Å². The maximum Gasteiger partial charge on any atom is 0.203 e. The maximum atomic E-state index is 13.4. The van der Waals surface area contributed by atoms with Crippen LogP contribution < -0.4 is 10.1 Å². The Morgan fingerprint density at radius 1 is 1.21 bits per heavy atom. The van der Waals surface area contributed by atoms with Gasteiger partial charge in [-0.3, -0.25) is 0 Å². The van der Waals surface area contributed by atoms with Crippen molar-refractivity contribution in [1.29, 1.82) is 0 Å². The Labute approximate surface area is 108 Å². The molecule has 0 radical (unpaired) electrons. The molecule has 1 fully saturated rings. The normalized spacial score (nSPS) is 16.5. The number of halogens is 4. The molecular weight excluding hydrogens is 262 g/mol. The summed E-state index contributed by atoms with van der Waals surface area (Å²) < 4.78 is 57.7. The third-order valence-corrected chi connectivity index (χ3v) is 3.14. The number of hydrogen-bond donors (Lipinski definition) is 1. The van der Waals surface area contributed by atoms with Gasteiger partial charge in [0, 0.05) is 12.1 Å². The summed E-state index contributed by atoms with van der Waals surface area (Å²) >= 11 is 0. The van der Waals surface area contributed by atoms with Gasteiger partial charge in [-0.25, -0.2) is 8.78 Å². The molecule has 0 aromatic heterocycles. The van der Waals surface area contributed by atoms with Gasteiger partial charge in [-0.15, -0.1) is 0 Å². The third kappa shape index (κ3) is 3.18. The maximum absolute atomic E-state index is 13.4. The Kier molecular flexibility index (Phi) is 4.29. The van der Waals surface area contributed by atoms with E-state index in [-0.39, 0.29) is 18.7 Å². The standard InChI is InChI=1S/C13H15F4NO/c1-2-18-10(7-3-4-7)6-19-13-11(16)8(14)5-9(15)12(13)17/h5,7,10,18H,2-4,6H2,1H3. The van der Waals surface area contributed by atoms with Crippen LogP contribution in [0.15, 0.2) is 6.07 Å². The molecular formula is C13H15F4NO. The summed E-state index contributed by atoms with van der Waals surface area (Å²) in [6.45, 7) is 2.57. The highest BCUT2D eigenvalue weighted by Gasteiger charge is 2.32. The molecule has 0 heterocycles. The lowest BCUT2D eigenvalue weighted by Gasteiger charge is -2.18. The summed E-state index contributed by atoms with van der Waals surface area (Å²) in [6.07, 6.45) is 2.03. The van der Waals surface area contributed by atoms with Crippen LogP contribution in [-0.2, 0) is 0 Å². The van der Waals surface area contributed by atoms with E-state index in [0.717, 1.165) is 12.8 Å². The topological polar surface area (TPSA) is 21.3 Å². The lowest BCUT2D eigenvalue weighted by molar-refractivity contribution is 0.225. The van der Waals surface area contributed by atoms with Crippen molar-refractivity contribution in [3.05, 3.63) is 29.3 Å². The molecule has 1 unspecified atom stereocenters. The average molecular weight is 277 g/mol. The van der Waals surface area contributed by atoms with E-state index in [0.29, 0.717) is 12.5 Å². The summed E-state index contributed by atoms with van der Waals surface area (Å²) in [5.41, 5.74) is 0. The van der Waals surface area contributed by atoms with E-state index < -0.39 is 29.0 Å². The SMILES string of the molecule is CCNC(COc1c(F)c(F)cc(F)c1F)C1CC1. The van der Waals surface area contributed by atoms with E-state index in [4.69, 9.17) is 4.74 Å². The zero-order valence-corrected chi connectivity index (χ0v) is 10.5. The van der Waals surface area contributed by atoms with E-state index in [9.17, 15) is 17.6 Å². The number of likely N-dealkylation sites (N-methyl/N-ethyl adjacent to an activating group) is 1. The van der Waals surface area contributed by atoms with Crippen molar-refractivity contribution in [3.8, 4) is 5.75 Å². The molecule has 106 valence electrons. The van der Waals surface area contributed by atoms with Gasteiger partial charge in [-0.05, 0) is 25.3 Å². The van der Waals surface area contributed by atoms with Crippen LogP contribution in [0.3, 0.4) is 0 Å². The number of benzene rings is 1. The molecule has 1 aromatic rings. The lowest BCUT2D eigenvalue weighted by atomic mass is 10.2. The first-order valence-corrected chi connectivity index (χ1v) is 6.23. The molecule has 0 bridgehead atoms.